The van der Waals surface area contributed by atoms with Crippen molar-refractivity contribution in [3.63, 3.8) is 0 Å². The second-order valence-corrected chi connectivity index (χ2v) is 19.3. The predicted molar refractivity (Wildman–Crippen MR) is 251 cm³/mol. The van der Waals surface area contributed by atoms with Crippen molar-refractivity contribution >= 4 is 98.4 Å². The predicted octanol–water partition coefficient (Wildman–Crippen LogP) is -4.19. The molecule has 0 aromatic carbocycles. The van der Waals surface area contributed by atoms with E-state index in [9.17, 15) is 43.2 Å². The number of guanidine groups is 2. The van der Waals surface area contributed by atoms with E-state index in [1.54, 1.807) is 0 Å². The van der Waals surface area contributed by atoms with Gasteiger partial charge in [0.1, 0.15) is 42.3 Å². The minimum absolute atomic E-state index is 0.00577. The third-order valence-electron chi connectivity index (χ3n) is 9.91. The molecule has 0 saturated carbocycles. The number of hydrogen-bond donors (Lipinski definition) is 12. The number of amides is 9. The molecular formula is C38H67N15O9S3. The van der Waals surface area contributed by atoms with Crippen LogP contribution in [0.1, 0.15) is 72.1 Å². The second kappa shape index (κ2) is 29.4. The molecule has 0 aliphatic carbocycles. The second-order valence-electron chi connectivity index (χ2n) is 15.8. The summed E-state index contributed by atoms with van der Waals surface area (Å²) in [6.45, 7) is 4.64. The molecule has 17 N–H and O–H groups in total. The smallest absolute Gasteiger partial charge is 0.245 e. The molecule has 0 bridgehead atoms. The molecule has 0 aromatic heterocycles. The lowest BCUT2D eigenvalue weighted by atomic mass is 10.0. The van der Waals surface area contributed by atoms with Crippen LogP contribution < -0.4 is 65.9 Å². The number of nitrogens with two attached hydrogens (primary N) is 5. The number of rotatable bonds is 15. The zero-order valence-corrected chi connectivity index (χ0v) is 39.8. The Morgan fingerprint density at radius 1 is 0.754 bits per heavy atom. The Kier molecular flexibility index (Phi) is 25.3. The Balaban J connectivity index is 2.61. The molecule has 2 fully saturated rings. The van der Waals surface area contributed by atoms with Gasteiger partial charge in [-0.3, -0.25) is 53.1 Å². The van der Waals surface area contributed by atoms with Gasteiger partial charge in [0.15, 0.2) is 11.9 Å². The molecule has 366 valence electrons. The molecule has 0 radical (unpaired) electrons. The highest BCUT2D eigenvalue weighted by molar-refractivity contribution is 8.76. The maximum absolute atomic E-state index is 14.2. The Morgan fingerprint density at radius 3 is 1.88 bits per heavy atom. The molecule has 27 heteroatoms. The molecule has 65 heavy (non-hydrogen) atoms. The van der Waals surface area contributed by atoms with Gasteiger partial charge in [0.2, 0.25) is 53.2 Å². The standard InChI is InChI=1S/C38H67N15O9S3/c1-20(2)16-25-33(59)49-22(8-5-12-44-37(40)41)31(57)46-17-29(55)48-26(30(39)56)18-64-65-19-27(47-21(3)54)34(60)51-24(11-15-63-4)36(62)53-14-7-10-28(53)35(61)50-23(32(58)52-25)9-6-13-45-38(42)43/h20,22-28H,5-19H2,1-4H3,(H2,39,56)(H,46,57)(H,47,54)(H,48,55)(H,49,59)(H,50,61)(H,51,60)(H,52,58)(H4,40,41,44)(H4,42,43,45)/t22-,23-,24-,25-,26-,27-,28-/m0/s1. The van der Waals surface area contributed by atoms with Crippen molar-refractivity contribution in [1.82, 2.24) is 42.1 Å². The van der Waals surface area contributed by atoms with Crippen molar-refractivity contribution < 1.29 is 43.2 Å². The molecule has 2 heterocycles. The van der Waals surface area contributed by atoms with E-state index in [4.69, 9.17) is 28.7 Å². The summed E-state index contributed by atoms with van der Waals surface area (Å²) in [6.07, 6.45) is 3.30. The van der Waals surface area contributed by atoms with Crippen LogP contribution in [0.25, 0.3) is 0 Å². The van der Waals surface area contributed by atoms with Gasteiger partial charge in [0.05, 0.1) is 6.54 Å². The zero-order chi connectivity index (χ0) is 48.6. The molecular weight excluding hydrogens is 907 g/mol. The van der Waals surface area contributed by atoms with Crippen molar-refractivity contribution in [2.75, 3.05) is 49.7 Å². The quantitative estimate of drug-likeness (QED) is 0.0320. The topological polar surface area (TPSA) is 396 Å². The summed E-state index contributed by atoms with van der Waals surface area (Å²) in [4.78, 5) is 131. The van der Waals surface area contributed by atoms with Crippen molar-refractivity contribution in [3.05, 3.63) is 0 Å². The van der Waals surface area contributed by atoms with E-state index in [0.717, 1.165) is 21.6 Å². The molecule has 2 saturated heterocycles. The van der Waals surface area contributed by atoms with Crippen LogP contribution in [0.15, 0.2) is 9.98 Å². The van der Waals surface area contributed by atoms with Gasteiger partial charge in [-0.05, 0) is 69.3 Å². The third kappa shape index (κ3) is 21.1. The maximum atomic E-state index is 14.2. The number of carbonyl (C=O) groups excluding carboxylic acids is 9. The molecule has 2 aliphatic heterocycles. The highest BCUT2D eigenvalue weighted by atomic mass is 33.1. The molecule has 2 aliphatic rings. The van der Waals surface area contributed by atoms with E-state index in [1.165, 1.54) is 23.6 Å². The Morgan fingerprint density at radius 2 is 1.31 bits per heavy atom. The lowest BCUT2D eigenvalue weighted by molar-refractivity contribution is -0.142. The van der Waals surface area contributed by atoms with Crippen molar-refractivity contribution in [2.45, 2.75) is 114 Å². The number of fused-ring (bicyclic) bond motifs is 1. The minimum atomic E-state index is -1.25. The molecule has 7 atom stereocenters. The third-order valence-corrected chi connectivity index (χ3v) is 13.0. The fourth-order valence-corrected chi connectivity index (χ4v) is 9.53. The average Bonchev–Trinajstić information content (AvgIpc) is 3.73. The molecule has 2 rings (SSSR count). The van der Waals surface area contributed by atoms with Crippen LogP contribution in [0.4, 0.5) is 0 Å². The highest BCUT2D eigenvalue weighted by Gasteiger charge is 2.40. The maximum Gasteiger partial charge on any atom is 0.245 e. The average molecular weight is 974 g/mol. The lowest BCUT2D eigenvalue weighted by Gasteiger charge is -2.31. The van der Waals surface area contributed by atoms with E-state index < -0.39 is 102 Å². The van der Waals surface area contributed by atoms with Crippen molar-refractivity contribution in [1.29, 1.82) is 0 Å². The first-order valence-corrected chi connectivity index (χ1v) is 25.1. The van der Waals surface area contributed by atoms with Gasteiger partial charge in [-0.2, -0.15) is 11.8 Å². The first-order chi connectivity index (χ1) is 30.7. The van der Waals surface area contributed by atoms with Gasteiger partial charge < -0.3 is 70.8 Å². The van der Waals surface area contributed by atoms with Crippen LogP contribution in [-0.2, 0) is 43.2 Å². The van der Waals surface area contributed by atoms with Gasteiger partial charge in [0, 0.05) is 38.1 Å². The highest BCUT2D eigenvalue weighted by Crippen LogP contribution is 2.24. The van der Waals surface area contributed by atoms with E-state index in [1.807, 2.05) is 20.1 Å². The summed E-state index contributed by atoms with van der Waals surface area (Å²) in [6, 6.07) is -8.15. The van der Waals surface area contributed by atoms with Crippen LogP contribution in [0, 0.1) is 5.92 Å². The van der Waals surface area contributed by atoms with Gasteiger partial charge in [-0.1, -0.05) is 35.4 Å². The fraction of sp³-hybridized carbons (Fsp3) is 0.711. The monoisotopic (exact) mass is 973 g/mol. The molecule has 0 aromatic rings. The van der Waals surface area contributed by atoms with Crippen LogP contribution >= 0.6 is 33.3 Å². The minimum Gasteiger partial charge on any atom is -0.370 e. The first kappa shape index (κ1) is 56.0. The van der Waals surface area contributed by atoms with Crippen molar-refractivity contribution in [2.24, 2.45) is 44.6 Å². The van der Waals surface area contributed by atoms with Gasteiger partial charge >= 0.3 is 0 Å². The number of nitrogens with zero attached hydrogens (tertiary/aromatic N) is 3. The van der Waals surface area contributed by atoms with E-state index >= 15 is 0 Å². The van der Waals surface area contributed by atoms with E-state index in [0.29, 0.717) is 12.2 Å². The van der Waals surface area contributed by atoms with E-state index in [2.05, 4.69) is 47.2 Å². The van der Waals surface area contributed by atoms with Gasteiger partial charge in [0.25, 0.3) is 0 Å². The lowest BCUT2D eigenvalue weighted by Crippen LogP contribution is -2.59. The van der Waals surface area contributed by atoms with Gasteiger partial charge in [-0.15, -0.1) is 0 Å². The molecule has 9 amide bonds. The fourth-order valence-electron chi connectivity index (χ4n) is 6.72. The van der Waals surface area contributed by atoms with Crippen LogP contribution in [0.3, 0.4) is 0 Å². The van der Waals surface area contributed by atoms with Crippen LogP contribution in [0.2, 0.25) is 0 Å². The summed E-state index contributed by atoms with van der Waals surface area (Å²) < 4.78 is 0. The summed E-state index contributed by atoms with van der Waals surface area (Å²) in [5.41, 5.74) is 27.5. The largest absolute Gasteiger partial charge is 0.370 e. The number of carbonyl (C=O) groups is 9. The molecule has 0 spiro atoms. The van der Waals surface area contributed by atoms with Crippen molar-refractivity contribution in [3.8, 4) is 0 Å². The molecule has 0 unspecified atom stereocenters. The first-order valence-electron chi connectivity index (χ1n) is 21.2. The summed E-state index contributed by atoms with van der Waals surface area (Å²) >= 11 is 1.44. The summed E-state index contributed by atoms with van der Waals surface area (Å²) in [7, 11) is 2.17. The zero-order valence-electron chi connectivity index (χ0n) is 37.4. The number of aliphatic imine (C=N–C) groups is 2. The Bertz CT molecular complexity index is 1730. The summed E-state index contributed by atoms with van der Waals surface area (Å²) in [5.74, 6) is -6.41. The van der Waals surface area contributed by atoms with Gasteiger partial charge in [-0.25, -0.2) is 0 Å². The Labute approximate surface area is 391 Å². The number of nitrogens with one attached hydrogen (secondary N) is 7. The van der Waals surface area contributed by atoms with Crippen LogP contribution in [-0.4, -0.2) is 162 Å². The summed E-state index contributed by atoms with van der Waals surface area (Å²) in [5, 5.41) is 18.4. The van der Waals surface area contributed by atoms with Crippen LogP contribution in [0.5, 0.6) is 0 Å². The number of thioether (sulfide) groups is 1. The SMILES string of the molecule is CSCC[C@@H]1NC(=O)[C@@H](NC(C)=O)CSSC[C@@H](C(N)=O)NC(=O)CNC(=O)[C@H](CCCN=C(N)N)NC(=O)[C@H](CC(C)C)NC(=O)[C@H](CCCN=C(N)N)NC(=O)[C@@H]2CCCN2C1=O. The number of primary amides is 1. The van der Waals surface area contributed by atoms with E-state index in [-0.39, 0.29) is 93.9 Å². The normalized spacial score (nSPS) is 24.8. The Hall–Kier alpha value is -5.18. The number of hydrogen-bond acceptors (Lipinski definition) is 14. The molecule has 24 nitrogen and oxygen atoms in total.